The molecule has 0 saturated heterocycles. The van der Waals surface area contributed by atoms with Crippen LogP contribution < -0.4 is 4.31 Å². The molecule has 5 nitrogen and oxygen atoms in total. The number of hydrogen-bond donors (Lipinski definition) is 0. The van der Waals surface area contributed by atoms with Gasteiger partial charge < -0.3 is 0 Å². The molecular formula is C15H17NO4S2. The molecule has 0 aliphatic rings. The van der Waals surface area contributed by atoms with Gasteiger partial charge in [0.1, 0.15) is 0 Å². The van der Waals surface area contributed by atoms with Crippen molar-refractivity contribution in [2.45, 2.75) is 16.7 Å². The standard InChI is InChI=1S/C15H17NO4S2/c1-12-11-14(9-10-15(12)16(2)21(3,17)18)22(19,20)13-7-5-4-6-8-13/h4-11H,1-3H3. The topological polar surface area (TPSA) is 71.5 Å². The van der Waals surface area contributed by atoms with Crippen molar-refractivity contribution in [3.05, 3.63) is 54.1 Å². The van der Waals surface area contributed by atoms with Crippen LogP contribution in [0.1, 0.15) is 5.56 Å². The van der Waals surface area contributed by atoms with Crippen molar-refractivity contribution in [3.63, 3.8) is 0 Å². The van der Waals surface area contributed by atoms with Crippen LogP contribution in [0.4, 0.5) is 5.69 Å². The largest absolute Gasteiger partial charge is 0.273 e. The number of hydrogen-bond acceptors (Lipinski definition) is 4. The van der Waals surface area contributed by atoms with Crippen molar-refractivity contribution < 1.29 is 16.8 Å². The molecule has 2 aromatic carbocycles. The zero-order chi connectivity index (χ0) is 16.5. The number of sulfonamides is 1. The smallest absolute Gasteiger partial charge is 0.232 e. The van der Waals surface area contributed by atoms with Crippen molar-refractivity contribution in [1.82, 2.24) is 0 Å². The summed E-state index contributed by atoms with van der Waals surface area (Å²) in [6, 6.07) is 12.5. The second-order valence-electron chi connectivity index (χ2n) is 5.00. The van der Waals surface area contributed by atoms with Crippen LogP contribution in [-0.2, 0) is 19.9 Å². The van der Waals surface area contributed by atoms with E-state index in [0.29, 0.717) is 11.3 Å². The quantitative estimate of drug-likeness (QED) is 0.856. The van der Waals surface area contributed by atoms with Crippen LogP contribution in [0.25, 0.3) is 0 Å². The maximum atomic E-state index is 12.5. The minimum Gasteiger partial charge on any atom is -0.273 e. The van der Waals surface area contributed by atoms with Gasteiger partial charge >= 0.3 is 0 Å². The second-order valence-corrected chi connectivity index (χ2v) is 8.96. The fourth-order valence-electron chi connectivity index (χ4n) is 2.06. The molecule has 22 heavy (non-hydrogen) atoms. The lowest BCUT2D eigenvalue weighted by atomic mass is 10.2. The summed E-state index contributed by atoms with van der Waals surface area (Å²) in [5, 5.41) is 0. The van der Waals surface area contributed by atoms with Crippen LogP contribution in [0, 0.1) is 6.92 Å². The van der Waals surface area contributed by atoms with Gasteiger partial charge in [0.25, 0.3) is 0 Å². The number of anilines is 1. The Bertz CT molecular complexity index is 888. The van der Waals surface area contributed by atoms with Gasteiger partial charge in [-0.25, -0.2) is 16.8 Å². The first kappa shape index (κ1) is 16.5. The Morgan fingerprint density at radius 1 is 0.864 bits per heavy atom. The van der Waals surface area contributed by atoms with Crippen molar-refractivity contribution in [1.29, 1.82) is 0 Å². The molecule has 0 atom stereocenters. The molecule has 0 fully saturated rings. The average molecular weight is 339 g/mol. The molecular weight excluding hydrogens is 322 g/mol. The van der Waals surface area contributed by atoms with Crippen LogP contribution in [0.2, 0.25) is 0 Å². The Balaban J connectivity index is 2.51. The summed E-state index contributed by atoms with van der Waals surface area (Å²) >= 11 is 0. The predicted octanol–water partition coefficient (Wildman–Crippen LogP) is 2.22. The fraction of sp³-hybridized carbons (Fsp3) is 0.200. The maximum absolute atomic E-state index is 12.5. The molecule has 0 aliphatic carbocycles. The zero-order valence-electron chi connectivity index (χ0n) is 12.5. The predicted molar refractivity (Wildman–Crippen MR) is 86.3 cm³/mol. The van der Waals surface area contributed by atoms with Gasteiger partial charge in [-0.1, -0.05) is 18.2 Å². The molecule has 0 bridgehead atoms. The SMILES string of the molecule is Cc1cc(S(=O)(=O)c2ccccc2)ccc1N(C)S(C)(=O)=O. The van der Waals surface area contributed by atoms with Crippen molar-refractivity contribution >= 4 is 25.5 Å². The molecule has 0 amide bonds. The van der Waals surface area contributed by atoms with Crippen LogP contribution in [0.3, 0.4) is 0 Å². The van der Waals surface area contributed by atoms with Gasteiger partial charge in [0.2, 0.25) is 19.9 Å². The van der Waals surface area contributed by atoms with Crippen LogP contribution in [0.5, 0.6) is 0 Å². The summed E-state index contributed by atoms with van der Waals surface area (Å²) in [5.41, 5.74) is 1.03. The molecule has 0 heterocycles. The summed E-state index contributed by atoms with van der Waals surface area (Å²) in [5.74, 6) is 0. The first-order valence-electron chi connectivity index (χ1n) is 6.49. The summed E-state index contributed by atoms with van der Waals surface area (Å²) in [7, 11) is -5.57. The number of aryl methyl sites for hydroxylation is 1. The van der Waals surface area contributed by atoms with E-state index in [1.807, 2.05) is 0 Å². The van der Waals surface area contributed by atoms with Gasteiger partial charge in [0.05, 0.1) is 21.7 Å². The highest BCUT2D eigenvalue weighted by atomic mass is 32.2. The zero-order valence-corrected chi connectivity index (χ0v) is 14.1. The number of nitrogens with zero attached hydrogens (tertiary/aromatic N) is 1. The van der Waals surface area contributed by atoms with E-state index in [1.54, 1.807) is 25.1 Å². The number of rotatable bonds is 4. The molecule has 7 heteroatoms. The van der Waals surface area contributed by atoms with E-state index in [4.69, 9.17) is 0 Å². The summed E-state index contributed by atoms with van der Waals surface area (Å²) in [6.45, 7) is 1.68. The number of benzene rings is 2. The summed E-state index contributed by atoms with van der Waals surface area (Å²) in [4.78, 5) is 0.348. The van der Waals surface area contributed by atoms with Crippen LogP contribution in [0.15, 0.2) is 58.3 Å². The third-order valence-electron chi connectivity index (χ3n) is 3.37. The molecule has 0 spiro atoms. The van der Waals surface area contributed by atoms with E-state index >= 15 is 0 Å². The Morgan fingerprint density at radius 3 is 1.95 bits per heavy atom. The highest BCUT2D eigenvalue weighted by molar-refractivity contribution is 7.92. The van der Waals surface area contributed by atoms with Gasteiger partial charge in [0.15, 0.2) is 0 Å². The van der Waals surface area contributed by atoms with Crippen LogP contribution >= 0.6 is 0 Å². The van der Waals surface area contributed by atoms with E-state index in [1.165, 1.54) is 37.4 Å². The van der Waals surface area contributed by atoms with E-state index in [9.17, 15) is 16.8 Å². The second kappa shape index (κ2) is 5.73. The highest BCUT2D eigenvalue weighted by Gasteiger charge is 2.20. The first-order valence-corrected chi connectivity index (χ1v) is 9.82. The first-order chi connectivity index (χ1) is 10.1. The molecule has 118 valence electrons. The highest BCUT2D eigenvalue weighted by Crippen LogP contribution is 2.27. The Morgan fingerprint density at radius 2 is 1.45 bits per heavy atom. The van der Waals surface area contributed by atoms with Gasteiger partial charge in [-0.3, -0.25) is 4.31 Å². The fourth-order valence-corrected chi connectivity index (χ4v) is 3.99. The third kappa shape index (κ3) is 3.15. The molecule has 0 unspecified atom stereocenters. The van der Waals surface area contributed by atoms with E-state index in [2.05, 4.69) is 0 Å². The van der Waals surface area contributed by atoms with Gasteiger partial charge in [-0.15, -0.1) is 0 Å². The minimum atomic E-state index is -3.61. The van der Waals surface area contributed by atoms with Gasteiger partial charge in [0, 0.05) is 7.05 Å². The minimum absolute atomic E-state index is 0.141. The van der Waals surface area contributed by atoms with Crippen molar-refractivity contribution in [2.24, 2.45) is 0 Å². The Labute approximate surface area is 131 Å². The molecule has 0 aromatic heterocycles. The summed E-state index contributed by atoms with van der Waals surface area (Å²) < 4.78 is 49.4. The van der Waals surface area contributed by atoms with E-state index < -0.39 is 19.9 Å². The molecule has 0 aliphatic heterocycles. The van der Waals surface area contributed by atoms with Gasteiger partial charge in [-0.2, -0.15) is 0 Å². The lowest BCUT2D eigenvalue weighted by Gasteiger charge is -2.19. The normalized spacial score (nSPS) is 12.1. The Kier molecular flexibility index (Phi) is 4.30. The van der Waals surface area contributed by atoms with Crippen molar-refractivity contribution in [3.8, 4) is 0 Å². The van der Waals surface area contributed by atoms with Gasteiger partial charge in [-0.05, 0) is 42.8 Å². The molecule has 2 rings (SSSR count). The number of sulfone groups is 1. The maximum Gasteiger partial charge on any atom is 0.232 e. The van der Waals surface area contributed by atoms with E-state index in [-0.39, 0.29) is 9.79 Å². The van der Waals surface area contributed by atoms with Crippen LogP contribution in [-0.4, -0.2) is 30.1 Å². The third-order valence-corrected chi connectivity index (χ3v) is 6.33. The average Bonchev–Trinajstić information content (AvgIpc) is 2.46. The van der Waals surface area contributed by atoms with E-state index in [0.717, 1.165) is 10.6 Å². The summed E-state index contributed by atoms with van der Waals surface area (Å²) in [6.07, 6.45) is 1.10. The van der Waals surface area contributed by atoms with Crippen molar-refractivity contribution in [2.75, 3.05) is 17.6 Å². The molecule has 0 N–H and O–H groups in total. The monoisotopic (exact) mass is 339 g/mol. The molecule has 0 radical (unpaired) electrons. The Hall–Kier alpha value is -1.86. The lowest BCUT2D eigenvalue weighted by Crippen LogP contribution is -2.25. The lowest BCUT2D eigenvalue weighted by molar-refractivity contribution is 0.596. The molecule has 2 aromatic rings. The molecule has 0 saturated carbocycles.